The molecule has 0 atom stereocenters. The van der Waals surface area contributed by atoms with Gasteiger partial charge in [-0.15, -0.1) is 11.3 Å². The normalized spacial score (nSPS) is 19.1. The van der Waals surface area contributed by atoms with E-state index in [1.807, 2.05) is 11.4 Å². The standard InChI is InChI=1S/C10H11BrN2O2S/c1-10(2)8(14)12-9(15)13(10)5-7-6(11)3-4-16-7/h3-4H,5H2,1-2H3,(H,12,14,15). The topological polar surface area (TPSA) is 49.4 Å². The van der Waals surface area contributed by atoms with Crippen LogP contribution in [-0.2, 0) is 11.3 Å². The van der Waals surface area contributed by atoms with E-state index in [9.17, 15) is 9.59 Å². The Kier molecular flexibility index (Phi) is 2.79. The van der Waals surface area contributed by atoms with Gasteiger partial charge in [0.05, 0.1) is 6.54 Å². The van der Waals surface area contributed by atoms with Gasteiger partial charge in [0.1, 0.15) is 5.54 Å². The van der Waals surface area contributed by atoms with Crippen LogP contribution in [0, 0.1) is 0 Å². The molecule has 0 aromatic carbocycles. The molecule has 1 saturated heterocycles. The Morgan fingerprint density at radius 2 is 2.19 bits per heavy atom. The molecular weight excluding hydrogens is 292 g/mol. The molecular formula is C10H11BrN2O2S. The molecule has 0 aliphatic carbocycles. The molecule has 1 aliphatic heterocycles. The first-order valence-corrected chi connectivity index (χ1v) is 6.45. The molecule has 1 aromatic rings. The lowest BCUT2D eigenvalue weighted by atomic mass is 10.0. The van der Waals surface area contributed by atoms with Gasteiger partial charge in [-0.2, -0.15) is 0 Å². The lowest BCUT2D eigenvalue weighted by Crippen LogP contribution is -2.43. The van der Waals surface area contributed by atoms with E-state index in [4.69, 9.17) is 0 Å². The number of carbonyl (C=O) groups is 2. The van der Waals surface area contributed by atoms with Crippen LogP contribution in [-0.4, -0.2) is 22.4 Å². The number of hydrogen-bond acceptors (Lipinski definition) is 3. The predicted molar refractivity (Wildman–Crippen MR) is 65.2 cm³/mol. The first-order valence-electron chi connectivity index (χ1n) is 4.78. The fraction of sp³-hybridized carbons (Fsp3) is 0.400. The summed E-state index contributed by atoms with van der Waals surface area (Å²) in [5.41, 5.74) is -0.777. The first-order chi connectivity index (χ1) is 7.43. The van der Waals surface area contributed by atoms with Gasteiger partial charge in [-0.05, 0) is 41.2 Å². The van der Waals surface area contributed by atoms with Gasteiger partial charge in [0.25, 0.3) is 5.91 Å². The maximum absolute atomic E-state index is 11.6. The van der Waals surface area contributed by atoms with Crippen LogP contribution in [0.1, 0.15) is 18.7 Å². The molecule has 1 N–H and O–H groups in total. The highest BCUT2D eigenvalue weighted by atomic mass is 79.9. The number of carbonyl (C=O) groups excluding carboxylic acids is 2. The number of amides is 3. The van der Waals surface area contributed by atoms with Gasteiger partial charge in [-0.25, -0.2) is 4.79 Å². The monoisotopic (exact) mass is 302 g/mol. The molecule has 86 valence electrons. The van der Waals surface area contributed by atoms with Crippen molar-refractivity contribution in [2.45, 2.75) is 25.9 Å². The summed E-state index contributed by atoms with van der Waals surface area (Å²) in [6, 6.07) is 1.61. The SMILES string of the molecule is CC1(C)C(=O)NC(=O)N1Cc1sccc1Br. The zero-order chi connectivity index (χ0) is 11.9. The number of thiophene rings is 1. The van der Waals surface area contributed by atoms with Gasteiger partial charge in [-0.3, -0.25) is 10.1 Å². The van der Waals surface area contributed by atoms with Crippen LogP contribution in [0.5, 0.6) is 0 Å². The van der Waals surface area contributed by atoms with Crippen molar-refractivity contribution in [3.05, 3.63) is 20.8 Å². The summed E-state index contributed by atoms with van der Waals surface area (Å²) in [7, 11) is 0. The summed E-state index contributed by atoms with van der Waals surface area (Å²) in [5.74, 6) is -0.245. The van der Waals surface area contributed by atoms with Gasteiger partial charge in [0.15, 0.2) is 0 Å². The van der Waals surface area contributed by atoms with Gasteiger partial charge in [0, 0.05) is 9.35 Å². The van der Waals surface area contributed by atoms with E-state index < -0.39 is 5.54 Å². The molecule has 16 heavy (non-hydrogen) atoms. The number of urea groups is 1. The van der Waals surface area contributed by atoms with E-state index in [1.54, 1.807) is 30.1 Å². The first kappa shape index (κ1) is 11.6. The Bertz CT molecular complexity index is 455. The lowest BCUT2D eigenvalue weighted by molar-refractivity contribution is -0.125. The maximum Gasteiger partial charge on any atom is 0.325 e. The fourth-order valence-corrected chi connectivity index (χ4v) is 3.01. The van der Waals surface area contributed by atoms with Crippen molar-refractivity contribution in [2.75, 3.05) is 0 Å². The molecule has 1 aliphatic rings. The number of rotatable bonds is 2. The maximum atomic E-state index is 11.6. The average Bonchev–Trinajstić information content (AvgIpc) is 2.66. The van der Waals surface area contributed by atoms with Crippen molar-refractivity contribution in [3.8, 4) is 0 Å². The summed E-state index contributed by atoms with van der Waals surface area (Å²) in [6.07, 6.45) is 0. The van der Waals surface area contributed by atoms with Crippen molar-refractivity contribution >= 4 is 39.2 Å². The third-order valence-corrected chi connectivity index (χ3v) is 4.60. The fourth-order valence-electron chi connectivity index (χ4n) is 1.54. The lowest BCUT2D eigenvalue weighted by Gasteiger charge is -2.27. The molecule has 0 saturated carbocycles. The third kappa shape index (κ3) is 1.76. The minimum absolute atomic E-state index is 0.245. The van der Waals surface area contributed by atoms with E-state index in [-0.39, 0.29) is 11.9 Å². The Labute approximate surface area is 106 Å². The summed E-state index contributed by atoms with van der Waals surface area (Å²) >= 11 is 4.97. The van der Waals surface area contributed by atoms with Crippen molar-refractivity contribution in [1.29, 1.82) is 0 Å². The number of nitrogens with one attached hydrogen (secondary N) is 1. The van der Waals surface area contributed by atoms with E-state index in [0.29, 0.717) is 6.54 Å². The van der Waals surface area contributed by atoms with Crippen LogP contribution >= 0.6 is 27.3 Å². The van der Waals surface area contributed by atoms with Crippen LogP contribution in [0.3, 0.4) is 0 Å². The number of hydrogen-bond donors (Lipinski definition) is 1. The third-order valence-electron chi connectivity index (χ3n) is 2.69. The predicted octanol–water partition coefficient (Wildman–Crippen LogP) is 2.34. The molecule has 0 bridgehead atoms. The molecule has 2 heterocycles. The van der Waals surface area contributed by atoms with Crippen LogP contribution in [0.25, 0.3) is 0 Å². The second-order valence-corrected chi connectivity index (χ2v) is 5.95. The Balaban J connectivity index is 2.25. The van der Waals surface area contributed by atoms with E-state index in [2.05, 4.69) is 21.2 Å². The van der Waals surface area contributed by atoms with Gasteiger partial charge < -0.3 is 4.90 Å². The van der Waals surface area contributed by atoms with Crippen LogP contribution in [0.15, 0.2) is 15.9 Å². The van der Waals surface area contributed by atoms with Crippen LogP contribution in [0.2, 0.25) is 0 Å². The van der Waals surface area contributed by atoms with E-state index in [1.165, 1.54) is 0 Å². The van der Waals surface area contributed by atoms with Gasteiger partial charge in [-0.1, -0.05) is 0 Å². The van der Waals surface area contributed by atoms with Crippen molar-refractivity contribution in [2.24, 2.45) is 0 Å². The quantitative estimate of drug-likeness (QED) is 0.853. The van der Waals surface area contributed by atoms with Crippen molar-refractivity contribution in [1.82, 2.24) is 10.2 Å². The summed E-state index contributed by atoms with van der Waals surface area (Å²) in [4.78, 5) is 25.8. The minimum atomic E-state index is -0.777. The molecule has 3 amide bonds. The molecule has 0 spiro atoms. The highest BCUT2D eigenvalue weighted by molar-refractivity contribution is 9.10. The van der Waals surface area contributed by atoms with Gasteiger partial charge in [0.2, 0.25) is 0 Å². The Hall–Kier alpha value is -0.880. The van der Waals surface area contributed by atoms with E-state index >= 15 is 0 Å². The minimum Gasteiger partial charge on any atom is -0.305 e. The smallest absolute Gasteiger partial charge is 0.305 e. The molecule has 4 nitrogen and oxygen atoms in total. The Morgan fingerprint density at radius 1 is 1.50 bits per heavy atom. The average molecular weight is 303 g/mol. The van der Waals surface area contributed by atoms with Crippen molar-refractivity contribution in [3.63, 3.8) is 0 Å². The second kappa shape index (κ2) is 3.85. The van der Waals surface area contributed by atoms with Crippen molar-refractivity contribution < 1.29 is 9.59 Å². The van der Waals surface area contributed by atoms with Gasteiger partial charge >= 0.3 is 6.03 Å². The van der Waals surface area contributed by atoms with E-state index in [0.717, 1.165) is 9.35 Å². The summed E-state index contributed by atoms with van der Waals surface area (Å²) < 4.78 is 0.973. The molecule has 0 unspecified atom stereocenters. The highest BCUT2D eigenvalue weighted by Crippen LogP contribution is 2.29. The van der Waals surface area contributed by atoms with Crippen LogP contribution in [0.4, 0.5) is 4.79 Å². The molecule has 0 radical (unpaired) electrons. The summed E-state index contributed by atoms with van der Waals surface area (Å²) in [6.45, 7) is 3.94. The molecule has 1 fully saturated rings. The zero-order valence-corrected chi connectivity index (χ0v) is 11.3. The highest BCUT2D eigenvalue weighted by Gasteiger charge is 2.45. The second-order valence-electron chi connectivity index (χ2n) is 4.10. The number of halogens is 1. The van der Waals surface area contributed by atoms with Crippen LogP contribution < -0.4 is 5.32 Å². The summed E-state index contributed by atoms with van der Waals surface area (Å²) in [5, 5.41) is 4.27. The molecule has 1 aromatic heterocycles. The molecule has 6 heteroatoms. The number of imide groups is 1. The number of nitrogens with zero attached hydrogens (tertiary/aromatic N) is 1. The Morgan fingerprint density at radius 3 is 2.62 bits per heavy atom. The largest absolute Gasteiger partial charge is 0.325 e. The molecule has 2 rings (SSSR count). The zero-order valence-electron chi connectivity index (χ0n) is 8.91.